The van der Waals surface area contributed by atoms with Crippen molar-refractivity contribution in [3.63, 3.8) is 0 Å². The van der Waals surface area contributed by atoms with Gasteiger partial charge >= 0.3 is 0 Å². The fourth-order valence-corrected chi connectivity index (χ4v) is 1.42. The largest absolute Gasteiger partial charge is 0.390 e. The van der Waals surface area contributed by atoms with Gasteiger partial charge in [-0.2, -0.15) is 0 Å². The Labute approximate surface area is 72.5 Å². The molecular weight excluding hydrogens is 176 g/mol. The van der Waals surface area contributed by atoms with Crippen molar-refractivity contribution in [2.24, 2.45) is 0 Å². The molecule has 0 bridgehead atoms. The van der Waals surface area contributed by atoms with Gasteiger partial charge in [0.2, 0.25) is 0 Å². The number of aliphatic hydroxyl groups is 1. The van der Waals surface area contributed by atoms with Crippen LogP contribution in [0.1, 0.15) is 5.69 Å². The fraction of sp³-hybridized carbons (Fsp3) is 0.143. The molecule has 0 atom stereocenters. The average Bonchev–Trinajstić information content (AvgIpc) is 2.75. The Kier molecular flexibility index (Phi) is 1.89. The van der Waals surface area contributed by atoms with Crippen molar-refractivity contribution < 1.29 is 9.63 Å². The standard InChI is InChI=1S/C7H6N2O2S/c10-4-5-3-6(11-9-5)7-8-1-2-12-7/h1-3,10H,4H2. The van der Waals surface area contributed by atoms with Gasteiger partial charge in [0, 0.05) is 17.6 Å². The topological polar surface area (TPSA) is 59.2 Å². The predicted octanol–water partition coefficient (Wildman–Crippen LogP) is 1.29. The van der Waals surface area contributed by atoms with E-state index in [1.165, 1.54) is 11.3 Å². The maximum atomic E-state index is 8.71. The van der Waals surface area contributed by atoms with Crippen LogP contribution in [0, 0.1) is 0 Å². The van der Waals surface area contributed by atoms with E-state index in [0.717, 1.165) is 5.01 Å². The summed E-state index contributed by atoms with van der Waals surface area (Å²) >= 11 is 1.47. The summed E-state index contributed by atoms with van der Waals surface area (Å²) in [6.07, 6.45) is 1.70. The monoisotopic (exact) mass is 182 g/mol. The van der Waals surface area contributed by atoms with E-state index in [1.54, 1.807) is 12.3 Å². The van der Waals surface area contributed by atoms with Crippen molar-refractivity contribution in [2.45, 2.75) is 6.61 Å². The van der Waals surface area contributed by atoms with Crippen LogP contribution < -0.4 is 0 Å². The van der Waals surface area contributed by atoms with Crippen LogP contribution in [0.2, 0.25) is 0 Å². The summed E-state index contributed by atoms with van der Waals surface area (Å²) in [6.45, 7) is -0.102. The minimum atomic E-state index is -0.102. The molecule has 2 aromatic heterocycles. The lowest BCUT2D eigenvalue weighted by Crippen LogP contribution is -1.78. The van der Waals surface area contributed by atoms with Gasteiger partial charge < -0.3 is 9.63 Å². The first-order valence-electron chi connectivity index (χ1n) is 3.36. The smallest absolute Gasteiger partial charge is 0.195 e. The third-order valence-electron chi connectivity index (χ3n) is 1.36. The summed E-state index contributed by atoms with van der Waals surface area (Å²) < 4.78 is 4.94. The number of rotatable bonds is 2. The number of nitrogens with zero attached hydrogens (tertiary/aromatic N) is 2. The highest BCUT2D eigenvalue weighted by Crippen LogP contribution is 2.21. The van der Waals surface area contributed by atoms with E-state index in [1.807, 2.05) is 5.38 Å². The number of aliphatic hydroxyl groups excluding tert-OH is 1. The predicted molar refractivity (Wildman–Crippen MR) is 43.5 cm³/mol. The number of thiazole rings is 1. The second-order valence-electron chi connectivity index (χ2n) is 2.18. The van der Waals surface area contributed by atoms with Crippen molar-refractivity contribution in [2.75, 3.05) is 0 Å². The summed E-state index contributed by atoms with van der Waals surface area (Å²) in [5.41, 5.74) is 0.528. The minimum Gasteiger partial charge on any atom is -0.390 e. The van der Waals surface area contributed by atoms with Crippen LogP contribution in [0.15, 0.2) is 22.2 Å². The molecule has 0 saturated heterocycles. The highest BCUT2D eigenvalue weighted by Gasteiger charge is 2.07. The second-order valence-corrected chi connectivity index (χ2v) is 3.07. The van der Waals surface area contributed by atoms with E-state index in [4.69, 9.17) is 9.63 Å². The van der Waals surface area contributed by atoms with Crippen molar-refractivity contribution in [3.05, 3.63) is 23.3 Å². The Hall–Kier alpha value is -1.20. The zero-order valence-electron chi connectivity index (χ0n) is 6.10. The van der Waals surface area contributed by atoms with Crippen molar-refractivity contribution in [1.29, 1.82) is 0 Å². The summed E-state index contributed by atoms with van der Waals surface area (Å²) in [7, 11) is 0. The summed E-state index contributed by atoms with van der Waals surface area (Å²) in [5, 5.41) is 15.0. The third-order valence-corrected chi connectivity index (χ3v) is 2.15. The van der Waals surface area contributed by atoms with Gasteiger partial charge in [0.25, 0.3) is 0 Å². The Bertz CT molecular complexity index is 355. The second kappa shape index (κ2) is 3.04. The molecule has 2 rings (SSSR count). The molecule has 0 aromatic carbocycles. The highest BCUT2D eigenvalue weighted by molar-refractivity contribution is 7.13. The minimum absolute atomic E-state index is 0.102. The van der Waals surface area contributed by atoms with E-state index in [-0.39, 0.29) is 6.61 Å². The van der Waals surface area contributed by atoms with E-state index < -0.39 is 0 Å². The molecular formula is C7H6N2O2S. The van der Waals surface area contributed by atoms with Crippen LogP contribution in [0.3, 0.4) is 0 Å². The number of hydrogen-bond acceptors (Lipinski definition) is 5. The third kappa shape index (κ3) is 1.24. The zero-order valence-corrected chi connectivity index (χ0v) is 6.91. The van der Waals surface area contributed by atoms with Crippen LogP contribution in [-0.4, -0.2) is 15.2 Å². The van der Waals surface area contributed by atoms with Gasteiger partial charge in [0.05, 0.1) is 6.61 Å². The molecule has 0 amide bonds. The first-order chi connectivity index (χ1) is 5.90. The molecule has 0 spiro atoms. The Morgan fingerprint density at radius 2 is 2.50 bits per heavy atom. The van der Waals surface area contributed by atoms with Gasteiger partial charge in [-0.3, -0.25) is 0 Å². The zero-order chi connectivity index (χ0) is 8.39. The maximum Gasteiger partial charge on any atom is 0.195 e. The SMILES string of the molecule is OCc1cc(-c2nccs2)on1. The van der Waals surface area contributed by atoms with E-state index in [9.17, 15) is 0 Å². The number of hydrogen-bond donors (Lipinski definition) is 1. The normalized spacial score (nSPS) is 10.4. The van der Waals surface area contributed by atoms with Crippen LogP contribution in [0.5, 0.6) is 0 Å². The molecule has 0 aliphatic carbocycles. The molecule has 12 heavy (non-hydrogen) atoms. The number of aromatic nitrogens is 2. The molecule has 1 N–H and O–H groups in total. The van der Waals surface area contributed by atoms with Gasteiger partial charge in [-0.25, -0.2) is 4.98 Å². The van der Waals surface area contributed by atoms with Crippen molar-refractivity contribution in [3.8, 4) is 10.8 Å². The van der Waals surface area contributed by atoms with Crippen molar-refractivity contribution >= 4 is 11.3 Å². The van der Waals surface area contributed by atoms with E-state index in [2.05, 4.69) is 10.1 Å². The molecule has 0 aliphatic heterocycles. The van der Waals surface area contributed by atoms with Crippen LogP contribution >= 0.6 is 11.3 Å². The van der Waals surface area contributed by atoms with E-state index in [0.29, 0.717) is 11.5 Å². The molecule has 0 saturated carbocycles. The summed E-state index contributed by atoms with van der Waals surface area (Å²) in [4.78, 5) is 4.04. The van der Waals surface area contributed by atoms with Gasteiger partial charge in [0.1, 0.15) is 5.69 Å². The first-order valence-corrected chi connectivity index (χ1v) is 4.24. The van der Waals surface area contributed by atoms with Gasteiger partial charge in [0.15, 0.2) is 10.8 Å². The first kappa shape index (κ1) is 7.45. The molecule has 0 unspecified atom stereocenters. The molecule has 4 nitrogen and oxygen atoms in total. The molecule has 0 radical (unpaired) electrons. The molecule has 0 fully saturated rings. The van der Waals surface area contributed by atoms with Gasteiger partial charge in [-0.1, -0.05) is 5.16 Å². The van der Waals surface area contributed by atoms with Crippen LogP contribution in [0.4, 0.5) is 0 Å². The molecule has 2 aromatic rings. The lowest BCUT2D eigenvalue weighted by molar-refractivity contribution is 0.267. The molecule has 2 heterocycles. The molecule has 62 valence electrons. The molecule has 5 heteroatoms. The summed E-state index contributed by atoms with van der Waals surface area (Å²) in [6, 6.07) is 1.68. The molecule has 0 aliphatic rings. The van der Waals surface area contributed by atoms with E-state index >= 15 is 0 Å². The van der Waals surface area contributed by atoms with Crippen molar-refractivity contribution in [1.82, 2.24) is 10.1 Å². The van der Waals surface area contributed by atoms with Crippen LogP contribution in [-0.2, 0) is 6.61 Å². The lowest BCUT2D eigenvalue weighted by atomic mass is 10.4. The maximum absolute atomic E-state index is 8.71. The lowest BCUT2D eigenvalue weighted by Gasteiger charge is -1.81. The Morgan fingerprint density at radius 1 is 1.58 bits per heavy atom. The summed E-state index contributed by atoms with van der Waals surface area (Å²) in [5.74, 6) is 0.606. The van der Waals surface area contributed by atoms with Crippen LogP contribution in [0.25, 0.3) is 10.8 Å². The Balaban J connectivity index is 2.35. The average molecular weight is 182 g/mol. The van der Waals surface area contributed by atoms with Gasteiger partial charge in [-0.05, 0) is 0 Å². The fourth-order valence-electron chi connectivity index (χ4n) is 0.832. The Morgan fingerprint density at radius 3 is 3.08 bits per heavy atom. The van der Waals surface area contributed by atoms with Gasteiger partial charge in [-0.15, -0.1) is 11.3 Å². The quantitative estimate of drug-likeness (QED) is 0.760. The highest BCUT2D eigenvalue weighted by atomic mass is 32.1.